The summed E-state index contributed by atoms with van der Waals surface area (Å²) in [5, 5.41) is 0. The molecule has 4 aliphatic heterocycles. The number of ether oxygens (including phenoxy) is 4. The van der Waals surface area contributed by atoms with Crippen LogP contribution in [0.1, 0.15) is 11.1 Å². The van der Waals surface area contributed by atoms with Gasteiger partial charge in [0.25, 0.3) is 0 Å². The lowest BCUT2D eigenvalue weighted by atomic mass is 10.1. The van der Waals surface area contributed by atoms with Crippen molar-refractivity contribution in [3.63, 3.8) is 0 Å². The highest BCUT2D eigenvalue weighted by molar-refractivity contribution is 5.76. The standard InChI is InChI=1S/C28H33N7O4/c29-26-27(34-9-5-32(6-10-34)15-20-1-3-22-24(13-20)38-18-36-22)30-17-31-28(26)35-11-7-33(8-12-35)16-21-2-4-23-25(14-21)39-19-37-23/h1-4,13-14,17H,5-12,15-16,18-19,29H2. The summed E-state index contributed by atoms with van der Waals surface area (Å²) in [6.07, 6.45) is 1.65. The van der Waals surface area contributed by atoms with E-state index in [0.717, 1.165) is 100 Å². The molecule has 4 aliphatic rings. The van der Waals surface area contributed by atoms with E-state index >= 15 is 0 Å². The molecule has 7 rings (SSSR count). The first kappa shape index (κ1) is 24.1. The summed E-state index contributed by atoms with van der Waals surface area (Å²) >= 11 is 0. The van der Waals surface area contributed by atoms with Crippen LogP contribution >= 0.6 is 0 Å². The smallest absolute Gasteiger partial charge is 0.231 e. The van der Waals surface area contributed by atoms with Crippen LogP contribution in [0, 0.1) is 0 Å². The molecule has 0 spiro atoms. The molecule has 11 nitrogen and oxygen atoms in total. The van der Waals surface area contributed by atoms with Crippen molar-refractivity contribution in [3.8, 4) is 23.0 Å². The Kier molecular flexibility index (Phi) is 6.37. The van der Waals surface area contributed by atoms with E-state index in [1.807, 2.05) is 12.1 Å². The maximum Gasteiger partial charge on any atom is 0.231 e. The van der Waals surface area contributed by atoms with Crippen LogP contribution in [-0.4, -0.2) is 85.7 Å². The minimum Gasteiger partial charge on any atom is -0.454 e. The number of piperazine rings is 2. The Morgan fingerprint density at radius 1 is 0.590 bits per heavy atom. The number of nitrogens with zero attached hydrogens (tertiary/aromatic N) is 6. The molecular weight excluding hydrogens is 498 g/mol. The number of fused-ring (bicyclic) bond motifs is 2. The molecule has 11 heteroatoms. The van der Waals surface area contributed by atoms with Gasteiger partial charge in [-0.15, -0.1) is 0 Å². The third-order valence-corrected chi connectivity index (χ3v) is 7.87. The number of hydrogen-bond donors (Lipinski definition) is 1. The van der Waals surface area contributed by atoms with Crippen molar-refractivity contribution in [2.75, 3.05) is 81.5 Å². The van der Waals surface area contributed by atoms with Gasteiger partial charge in [-0.05, 0) is 35.4 Å². The Hall–Kier alpha value is -3.96. The molecule has 5 heterocycles. The van der Waals surface area contributed by atoms with Gasteiger partial charge in [0, 0.05) is 65.4 Å². The second kappa shape index (κ2) is 10.3. The SMILES string of the molecule is Nc1c(N2CCN(Cc3ccc4c(c3)OCO4)CC2)ncnc1N1CCN(Cc2ccc3c(c2)OCO3)CC1. The molecule has 0 aliphatic carbocycles. The zero-order chi connectivity index (χ0) is 26.2. The molecule has 204 valence electrons. The zero-order valence-corrected chi connectivity index (χ0v) is 21.9. The minimum atomic E-state index is 0.302. The van der Waals surface area contributed by atoms with Crippen molar-refractivity contribution in [1.82, 2.24) is 19.8 Å². The van der Waals surface area contributed by atoms with Gasteiger partial charge >= 0.3 is 0 Å². The first-order valence-electron chi connectivity index (χ1n) is 13.5. The lowest BCUT2D eigenvalue weighted by molar-refractivity contribution is 0.173. The molecule has 2 fully saturated rings. The number of aromatic nitrogens is 2. The number of rotatable bonds is 6. The summed E-state index contributed by atoms with van der Waals surface area (Å²) in [4.78, 5) is 18.6. The summed E-state index contributed by atoms with van der Waals surface area (Å²) in [5.41, 5.74) is 9.81. The second-order valence-corrected chi connectivity index (χ2v) is 10.3. The molecule has 39 heavy (non-hydrogen) atoms. The van der Waals surface area contributed by atoms with Crippen molar-refractivity contribution in [2.45, 2.75) is 13.1 Å². The van der Waals surface area contributed by atoms with Crippen LogP contribution in [0.15, 0.2) is 42.7 Å². The van der Waals surface area contributed by atoms with Crippen LogP contribution in [0.25, 0.3) is 0 Å². The van der Waals surface area contributed by atoms with Gasteiger partial charge < -0.3 is 34.5 Å². The average Bonchev–Trinajstić information content (AvgIpc) is 3.63. The molecule has 0 unspecified atom stereocenters. The van der Waals surface area contributed by atoms with Gasteiger partial charge in [0.2, 0.25) is 13.6 Å². The van der Waals surface area contributed by atoms with E-state index < -0.39 is 0 Å². The van der Waals surface area contributed by atoms with Gasteiger partial charge in [0.15, 0.2) is 34.6 Å². The maximum atomic E-state index is 6.68. The van der Waals surface area contributed by atoms with Crippen LogP contribution < -0.4 is 34.5 Å². The Bertz CT molecular complexity index is 1240. The van der Waals surface area contributed by atoms with E-state index in [1.165, 1.54) is 11.1 Å². The van der Waals surface area contributed by atoms with Crippen molar-refractivity contribution in [3.05, 3.63) is 53.9 Å². The first-order chi connectivity index (χ1) is 19.2. The Balaban J connectivity index is 0.941. The third-order valence-electron chi connectivity index (χ3n) is 7.87. The molecule has 0 bridgehead atoms. The van der Waals surface area contributed by atoms with E-state index in [-0.39, 0.29) is 0 Å². The first-order valence-corrected chi connectivity index (χ1v) is 13.5. The highest BCUT2D eigenvalue weighted by Gasteiger charge is 2.26. The quantitative estimate of drug-likeness (QED) is 0.506. The molecule has 3 aromatic rings. The normalized spacial score (nSPS) is 19.1. The molecule has 0 atom stereocenters. The van der Waals surface area contributed by atoms with Crippen molar-refractivity contribution < 1.29 is 18.9 Å². The summed E-state index contributed by atoms with van der Waals surface area (Å²) in [6.45, 7) is 9.59. The molecule has 2 N–H and O–H groups in total. The number of anilines is 3. The summed E-state index contributed by atoms with van der Waals surface area (Å²) < 4.78 is 21.9. The predicted octanol–water partition coefficient (Wildman–Crippen LogP) is 2.16. The van der Waals surface area contributed by atoms with Crippen molar-refractivity contribution in [2.24, 2.45) is 0 Å². The fourth-order valence-corrected chi connectivity index (χ4v) is 5.71. The largest absolute Gasteiger partial charge is 0.454 e. The van der Waals surface area contributed by atoms with Crippen molar-refractivity contribution in [1.29, 1.82) is 0 Å². The maximum absolute atomic E-state index is 6.68. The van der Waals surface area contributed by atoms with Crippen LogP contribution in [-0.2, 0) is 13.1 Å². The van der Waals surface area contributed by atoms with Crippen LogP contribution in [0.3, 0.4) is 0 Å². The Morgan fingerprint density at radius 2 is 1.03 bits per heavy atom. The monoisotopic (exact) mass is 531 g/mol. The van der Waals surface area contributed by atoms with Gasteiger partial charge in [-0.25, -0.2) is 9.97 Å². The van der Waals surface area contributed by atoms with E-state index in [9.17, 15) is 0 Å². The van der Waals surface area contributed by atoms with Crippen molar-refractivity contribution >= 4 is 17.3 Å². The fourth-order valence-electron chi connectivity index (χ4n) is 5.71. The molecule has 0 saturated carbocycles. The van der Waals surface area contributed by atoms with Gasteiger partial charge in [0.05, 0.1) is 0 Å². The molecule has 2 saturated heterocycles. The third kappa shape index (κ3) is 4.95. The number of nitrogen functional groups attached to an aromatic ring is 1. The van der Waals surface area contributed by atoms with Gasteiger partial charge in [-0.2, -0.15) is 0 Å². The average molecular weight is 532 g/mol. The van der Waals surface area contributed by atoms with Gasteiger partial charge in [-0.3, -0.25) is 9.80 Å². The highest BCUT2D eigenvalue weighted by Crippen LogP contribution is 2.35. The number of nitrogens with two attached hydrogens (primary N) is 1. The second-order valence-electron chi connectivity index (χ2n) is 10.3. The van der Waals surface area contributed by atoms with E-state index in [4.69, 9.17) is 24.7 Å². The lowest BCUT2D eigenvalue weighted by Crippen LogP contribution is -2.47. The summed E-state index contributed by atoms with van der Waals surface area (Å²) in [7, 11) is 0. The van der Waals surface area contributed by atoms with E-state index in [1.54, 1.807) is 6.33 Å². The topological polar surface area (TPSA) is 102 Å². The Morgan fingerprint density at radius 3 is 1.49 bits per heavy atom. The molecule has 0 amide bonds. The van der Waals surface area contributed by atoms with Gasteiger partial charge in [-0.1, -0.05) is 12.1 Å². The number of hydrogen-bond acceptors (Lipinski definition) is 11. The lowest BCUT2D eigenvalue weighted by Gasteiger charge is -2.38. The van der Waals surface area contributed by atoms with E-state index in [2.05, 4.69) is 53.8 Å². The van der Waals surface area contributed by atoms with Crippen LogP contribution in [0.4, 0.5) is 17.3 Å². The molecule has 2 aromatic carbocycles. The molecule has 0 radical (unpaired) electrons. The molecular formula is C28H33N7O4. The Labute approximate surface area is 227 Å². The molecule has 1 aromatic heterocycles. The summed E-state index contributed by atoms with van der Waals surface area (Å²) in [5.74, 6) is 4.99. The van der Waals surface area contributed by atoms with Gasteiger partial charge in [0.1, 0.15) is 12.0 Å². The summed E-state index contributed by atoms with van der Waals surface area (Å²) in [6, 6.07) is 12.4. The zero-order valence-electron chi connectivity index (χ0n) is 21.9. The van der Waals surface area contributed by atoms with E-state index in [0.29, 0.717) is 19.3 Å². The predicted molar refractivity (Wildman–Crippen MR) is 147 cm³/mol. The number of benzene rings is 2. The highest BCUT2D eigenvalue weighted by atomic mass is 16.7. The van der Waals surface area contributed by atoms with Crippen LogP contribution in [0.2, 0.25) is 0 Å². The fraction of sp³-hybridized carbons (Fsp3) is 0.429. The van der Waals surface area contributed by atoms with Crippen LogP contribution in [0.5, 0.6) is 23.0 Å². The minimum absolute atomic E-state index is 0.302.